The topological polar surface area (TPSA) is 26.0 Å². The van der Waals surface area contributed by atoms with E-state index in [0.717, 1.165) is 5.57 Å². The van der Waals surface area contributed by atoms with Gasteiger partial charge >= 0.3 is 0 Å². The maximum Gasteiger partial charge on any atom is 0.0178 e. The summed E-state index contributed by atoms with van der Waals surface area (Å²) in [7, 11) is 0. The number of aryl methyl sites for hydroxylation is 2. The van der Waals surface area contributed by atoms with Crippen LogP contribution in [0.5, 0.6) is 0 Å². The van der Waals surface area contributed by atoms with Gasteiger partial charge in [-0.2, -0.15) is 0 Å². The number of hydrogen-bond acceptors (Lipinski definition) is 1. The maximum atomic E-state index is 5.55. The fourth-order valence-electron chi connectivity index (χ4n) is 1.91. The molecule has 1 heteroatoms. The van der Waals surface area contributed by atoms with E-state index in [1.165, 1.54) is 36.0 Å². The lowest BCUT2D eigenvalue weighted by Crippen LogP contribution is -2.01. The molecule has 0 bridgehead atoms. The van der Waals surface area contributed by atoms with E-state index in [4.69, 9.17) is 5.73 Å². The highest BCUT2D eigenvalue weighted by atomic mass is 14.5. The quantitative estimate of drug-likeness (QED) is 0.728. The predicted octanol–water partition coefficient (Wildman–Crippen LogP) is 2.15. The highest BCUT2D eigenvalue weighted by Crippen LogP contribution is 2.24. The lowest BCUT2D eigenvalue weighted by molar-refractivity contribution is 0.911. The van der Waals surface area contributed by atoms with E-state index in [1.54, 1.807) is 0 Å². The molecule has 0 radical (unpaired) electrons. The summed E-state index contributed by atoms with van der Waals surface area (Å²) in [5.41, 5.74) is 10.8. The summed E-state index contributed by atoms with van der Waals surface area (Å²) in [6, 6.07) is 6.61. The van der Waals surface area contributed by atoms with E-state index in [0.29, 0.717) is 6.54 Å². The molecule has 0 atom stereocenters. The van der Waals surface area contributed by atoms with Crippen LogP contribution < -0.4 is 5.73 Å². The molecule has 0 fully saturated rings. The van der Waals surface area contributed by atoms with Crippen LogP contribution in [0, 0.1) is 0 Å². The first-order valence-electron chi connectivity index (χ1n) is 4.81. The highest BCUT2D eigenvalue weighted by Gasteiger charge is 2.10. The molecule has 0 unspecified atom stereocenters. The zero-order chi connectivity index (χ0) is 9.26. The largest absolute Gasteiger partial charge is 0.326 e. The molecule has 2 rings (SSSR count). The number of nitrogens with two attached hydrogens (primary N) is 1. The summed E-state index contributed by atoms with van der Waals surface area (Å²) in [4.78, 5) is 0. The van der Waals surface area contributed by atoms with Crippen LogP contribution in [0.4, 0.5) is 0 Å². The Morgan fingerprint density at radius 1 is 1.31 bits per heavy atom. The summed E-state index contributed by atoms with van der Waals surface area (Å²) >= 11 is 0. The van der Waals surface area contributed by atoms with Gasteiger partial charge in [0.25, 0.3) is 0 Å². The summed E-state index contributed by atoms with van der Waals surface area (Å²) in [6.07, 6.45) is 3.76. The monoisotopic (exact) mass is 173 g/mol. The van der Waals surface area contributed by atoms with Crippen molar-refractivity contribution < 1.29 is 0 Å². The summed E-state index contributed by atoms with van der Waals surface area (Å²) in [6.45, 7) is 4.50. The Hall–Kier alpha value is -1.08. The molecule has 1 aromatic carbocycles. The average molecular weight is 173 g/mol. The van der Waals surface area contributed by atoms with Crippen molar-refractivity contribution in [2.24, 2.45) is 5.73 Å². The van der Waals surface area contributed by atoms with Crippen LogP contribution in [-0.4, -0.2) is 6.54 Å². The second kappa shape index (κ2) is 3.35. The molecule has 13 heavy (non-hydrogen) atoms. The average Bonchev–Trinajstić information content (AvgIpc) is 2.63. The van der Waals surface area contributed by atoms with Crippen LogP contribution in [0.1, 0.15) is 23.1 Å². The first-order valence-corrected chi connectivity index (χ1v) is 4.81. The van der Waals surface area contributed by atoms with Gasteiger partial charge in [0.15, 0.2) is 0 Å². The molecule has 0 heterocycles. The Morgan fingerprint density at radius 2 is 2.08 bits per heavy atom. The lowest BCUT2D eigenvalue weighted by Gasteiger charge is -2.05. The van der Waals surface area contributed by atoms with Crippen molar-refractivity contribution in [1.82, 2.24) is 0 Å². The van der Waals surface area contributed by atoms with Gasteiger partial charge in [0.1, 0.15) is 0 Å². The van der Waals surface area contributed by atoms with E-state index in [2.05, 4.69) is 24.8 Å². The van der Waals surface area contributed by atoms with Gasteiger partial charge in [0, 0.05) is 6.54 Å². The van der Waals surface area contributed by atoms with Gasteiger partial charge in [-0.3, -0.25) is 0 Å². The van der Waals surface area contributed by atoms with E-state index in [-0.39, 0.29) is 0 Å². The van der Waals surface area contributed by atoms with Gasteiger partial charge in [-0.05, 0) is 41.5 Å². The van der Waals surface area contributed by atoms with Gasteiger partial charge < -0.3 is 5.73 Å². The van der Waals surface area contributed by atoms with Gasteiger partial charge in [-0.25, -0.2) is 0 Å². The normalized spacial score (nSPS) is 14.2. The molecular formula is C12H15N. The zero-order valence-corrected chi connectivity index (χ0v) is 7.84. The third-order valence-corrected chi connectivity index (χ3v) is 2.75. The standard InChI is InChI=1S/C12H15N/c1-9(8-13)11-6-5-10-3-2-4-12(10)7-11/h5-7H,1-4,8,13H2. The third kappa shape index (κ3) is 1.52. The Morgan fingerprint density at radius 3 is 2.85 bits per heavy atom. The number of rotatable bonds is 2. The number of hydrogen-bond donors (Lipinski definition) is 1. The summed E-state index contributed by atoms with van der Waals surface area (Å²) in [5, 5.41) is 0. The minimum Gasteiger partial charge on any atom is -0.326 e. The van der Waals surface area contributed by atoms with Crippen molar-refractivity contribution >= 4 is 5.57 Å². The fourth-order valence-corrected chi connectivity index (χ4v) is 1.91. The molecule has 0 amide bonds. The van der Waals surface area contributed by atoms with Crippen molar-refractivity contribution in [3.8, 4) is 0 Å². The molecule has 0 spiro atoms. The van der Waals surface area contributed by atoms with Crippen LogP contribution >= 0.6 is 0 Å². The van der Waals surface area contributed by atoms with Crippen molar-refractivity contribution in [3.05, 3.63) is 41.5 Å². The SMILES string of the molecule is C=C(CN)c1ccc2c(c1)CCC2. The Kier molecular flexibility index (Phi) is 2.19. The van der Waals surface area contributed by atoms with Crippen LogP contribution in [0.25, 0.3) is 5.57 Å². The Bertz CT molecular complexity index is 339. The highest BCUT2D eigenvalue weighted by molar-refractivity contribution is 5.65. The van der Waals surface area contributed by atoms with Crippen molar-refractivity contribution in [2.45, 2.75) is 19.3 Å². The molecule has 0 saturated heterocycles. The summed E-state index contributed by atoms with van der Waals surface area (Å²) in [5.74, 6) is 0. The van der Waals surface area contributed by atoms with Crippen LogP contribution in [0.3, 0.4) is 0 Å². The second-order valence-corrected chi connectivity index (χ2v) is 3.64. The van der Waals surface area contributed by atoms with Crippen LogP contribution in [0.2, 0.25) is 0 Å². The van der Waals surface area contributed by atoms with E-state index in [1.807, 2.05) is 0 Å². The number of benzene rings is 1. The van der Waals surface area contributed by atoms with Gasteiger partial charge in [0.2, 0.25) is 0 Å². The van der Waals surface area contributed by atoms with Gasteiger partial charge in [-0.15, -0.1) is 0 Å². The van der Waals surface area contributed by atoms with Crippen molar-refractivity contribution in [2.75, 3.05) is 6.54 Å². The van der Waals surface area contributed by atoms with E-state index in [9.17, 15) is 0 Å². The first kappa shape index (κ1) is 8.52. The molecule has 1 nitrogen and oxygen atoms in total. The molecule has 0 saturated carbocycles. The molecule has 1 aliphatic rings. The number of fused-ring (bicyclic) bond motifs is 1. The predicted molar refractivity (Wildman–Crippen MR) is 56.6 cm³/mol. The summed E-state index contributed by atoms with van der Waals surface area (Å²) < 4.78 is 0. The van der Waals surface area contributed by atoms with Crippen molar-refractivity contribution in [3.63, 3.8) is 0 Å². The fraction of sp³-hybridized carbons (Fsp3) is 0.333. The van der Waals surface area contributed by atoms with Gasteiger partial charge in [-0.1, -0.05) is 24.8 Å². The van der Waals surface area contributed by atoms with Gasteiger partial charge in [0.05, 0.1) is 0 Å². The minimum absolute atomic E-state index is 0.554. The molecule has 68 valence electrons. The Balaban J connectivity index is 2.36. The molecule has 0 aliphatic heterocycles. The Labute approximate surface area is 79.3 Å². The molecule has 1 aliphatic carbocycles. The molecule has 0 aromatic heterocycles. The first-order chi connectivity index (χ1) is 6.31. The lowest BCUT2D eigenvalue weighted by atomic mass is 10.0. The van der Waals surface area contributed by atoms with Crippen LogP contribution in [0.15, 0.2) is 24.8 Å². The van der Waals surface area contributed by atoms with E-state index < -0.39 is 0 Å². The molecule has 1 aromatic rings. The molecular weight excluding hydrogens is 158 g/mol. The maximum absolute atomic E-state index is 5.55. The second-order valence-electron chi connectivity index (χ2n) is 3.64. The minimum atomic E-state index is 0.554. The van der Waals surface area contributed by atoms with E-state index >= 15 is 0 Å². The van der Waals surface area contributed by atoms with Crippen molar-refractivity contribution in [1.29, 1.82) is 0 Å². The zero-order valence-electron chi connectivity index (χ0n) is 7.84. The molecule has 2 N–H and O–H groups in total. The smallest absolute Gasteiger partial charge is 0.0178 e. The van der Waals surface area contributed by atoms with Crippen LogP contribution in [-0.2, 0) is 12.8 Å². The third-order valence-electron chi connectivity index (χ3n) is 2.75.